The summed E-state index contributed by atoms with van der Waals surface area (Å²) in [5.74, 6) is -1.76. The average Bonchev–Trinajstić information content (AvgIpc) is 4.07. The summed E-state index contributed by atoms with van der Waals surface area (Å²) < 4.78 is 12.2. The molecule has 2 aliphatic heterocycles. The highest BCUT2D eigenvalue weighted by Gasteiger charge is 2.61. The van der Waals surface area contributed by atoms with Gasteiger partial charge in [-0.25, -0.2) is 19.6 Å². The molecule has 2 aliphatic carbocycles. The quantitative estimate of drug-likeness (QED) is 0.141. The van der Waals surface area contributed by atoms with E-state index in [4.69, 9.17) is 19.4 Å². The molecular weight excluding hydrogens is 775 g/mol. The minimum Gasteiger partial charge on any atom is -0.497 e. The van der Waals surface area contributed by atoms with Gasteiger partial charge in [-0.3, -0.25) is 14.4 Å². The van der Waals surface area contributed by atoms with Crippen LogP contribution in [0.3, 0.4) is 0 Å². The van der Waals surface area contributed by atoms with E-state index in [2.05, 4.69) is 21.3 Å². The molecule has 4 amide bonds. The second kappa shape index (κ2) is 17.5. The van der Waals surface area contributed by atoms with Crippen molar-refractivity contribution in [1.82, 2.24) is 30.8 Å². The maximum atomic E-state index is 14.7. The number of allylic oxidation sites excluding steroid dienone is 1. The Balaban J connectivity index is 1.20. The molecule has 1 aromatic carbocycles. The average molecular weight is 830 g/mol. The Morgan fingerprint density at radius 2 is 1.83 bits per heavy atom. The van der Waals surface area contributed by atoms with Crippen molar-refractivity contribution in [2.75, 3.05) is 19.0 Å². The molecule has 2 aromatic heterocycles. The third-order valence-electron chi connectivity index (χ3n) is 11.6. The first-order chi connectivity index (χ1) is 28.3. The summed E-state index contributed by atoms with van der Waals surface area (Å²) in [6, 6.07) is 3.98. The zero-order valence-corrected chi connectivity index (χ0v) is 35.1. The Morgan fingerprint density at radius 3 is 2.54 bits per heavy atom. The van der Waals surface area contributed by atoms with E-state index in [1.807, 2.05) is 51.3 Å². The number of aliphatic carboxylic acids is 1. The Hall–Kier alpha value is -5.25. The minimum absolute atomic E-state index is 0.00806. The molecular formula is C43H55N7O8S. The number of nitrogens with zero attached hydrogens (tertiary/aromatic N) is 3. The van der Waals surface area contributed by atoms with Crippen LogP contribution in [-0.2, 0) is 19.2 Å². The number of hydrogen-bond acceptors (Lipinski definition) is 11. The number of aromatic nitrogens is 2. The maximum absolute atomic E-state index is 14.7. The van der Waals surface area contributed by atoms with Crippen molar-refractivity contribution in [2.45, 2.75) is 121 Å². The minimum atomic E-state index is -1.48. The first-order valence-electron chi connectivity index (χ1n) is 20.8. The Labute approximate surface area is 348 Å². The fourth-order valence-electron chi connectivity index (χ4n) is 8.09. The zero-order valence-electron chi connectivity index (χ0n) is 34.3. The fourth-order valence-corrected chi connectivity index (χ4v) is 8.94. The van der Waals surface area contributed by atoms with Crippen molar-refractivity contribution in [1.29, 1.82) is 0 Å². The van der Waals surface area contributed by atoms with Gasteiger partial charge in [-0.2, -0.15) is 0 Å². The number of carboxylic acids is 1. The number of rotatable bonds is 12. The summed E-state index contributed by atoms with van der Waals surface area (Å²) in [6.07, 6.45) is 8.25. The molecule has 6 atom stereocenters. The highest BCUT2D eigenvalue weighted by molar-refractivity contribution is 7.14. The lowest BCUT2D eigenvalue weighted by Crippen LogP contribution is -2.58. The van der Waals surface area contributed by atoms with E-state index in [0.717, 1.165) is 37.2 Å². The number of ketones is 1. The summed E-state index contributed by atoms with van der Waals surface area (Å²) >= 11 is 1.46. The van der Waals surface area contributed by atoms with Crippen molar-refractivity contribution in [2.24, 2.45) is 17.8 Å². The second-order valence-corrected chi connectivity index (χ2v) is 17.8. The highest BCUT2D eigenvalue weighted by atomic mass is 32.1. The Morgan fingerprint density at radius 1 is 1.03 bits per heavy atom. The van der Waals surface area contributed by atoms with Gasteiger partial charge in [0.25, 0.3) is 0 Å². The monoisotopic (exact) mass is 829 g/mol. The smallest absolute Gasteiger partial charge is 0.330 e. The number of pyridine rings is 1. The van der Waals surface area contributed by atoms with Crippen molar-refractivity contribution < 1.29 is 38.6 Å². The van der Waals surface area contributed by atoms with Gasteiger partial charge in [-0.15, -0.1) is 11.3 Å². The molecule has 59 heavy (non-hydrogen) atoms. The number of methoxy groups -OCH3 is 1. The van der Waals surface area contributed by atoms with Crippen LogP contribution >= 0.6 is 11.3 Å². The number of fused-ring (bicyclic) bond motifs is 3. The molecule has 3 aromatic rings. The van der Waals surface area contributed by atoms with Crippen LogP contribution in [-0.4, -0.2) is 99.0 Å². The van der Waals surface area contributed by atoms with Crippen LogP contribution in [0.4, 0.5) is 9.93 Å². The van der Waals surface area contributed by atoms with Gasteiger partial charge in [0.2, 0.25) is 11.8 Å². The predicted molar refractivity (Wildman–Crippen MR) is 223 cm³/mol. The van der Waals surface area contributed by atoms with Crippen molar-refractivity contribution >= 4 is 57.0 Å². The Bertz CT molecular complexity index is 2120. The van der Waals surface area contributed by atoms with Gasteiger partial charge < -0.3 is 40.7 Å². The molecule has 0 radical (unpaired) electrons. The normalized spacial score (nSPS) is 25.8. The molecule has 15 nitrogen and oxygen atoms in total. The number of carbonyl (C=O) groups is 5. The van der Waals surface area contributed by atoms with Crippen LogP contribution in [0.15, 0.2) is 41.8 Å². The summed E-state index contributed by atoms with van der Waals surface area (Å²) in [5.41, 5.74) is 0.308. The number of ether oxygens (including phenoxy) is 2. The molecule has 5 N–H and O–H groups in total. The second-order valence-electron chi connectivity index (χ2n) is 16.9. The molecule has 0 bridgehead atoms. The number of carboxylic acid groups (broad SMARTS) is 1. The summed E-state index contributed by atoms with van der Waals surface area (Å²) in [5, 5.41) is 25.5. The highest BCUT2D eigenvalue weighted by Crippen LogP contribution is 2.45. The molecule has 2 saturated carbocycles. The van der Waals surface area contributed by atoms with E-state index >= 15 is 0 Å². The number of urea groups is 1. The van der Waals surface area contributed by atoms with Gasteiger partial charge in [0.05, 0.1) is 30.9 Å². The van der Waals surface area contributed by atoms with E-state index in [9.17, 15) is 29.1 Å². The number of Topliss-reactive ketones (excluding diaryl/α,β-unsaturated/α-hetero) is 1. The summed E-state index contributed by atoms with van der Waals surface area (Å²) in [6.45, 7) is 7.80. The topological polar surface area (TPSA) is 201 Å². The lowest BCUT2D eigenvalue weighted by Gasteiger charge is -2.30. The van der Waals surface area contributed by atoms with Crippen LogP contribution in [0, 0.1) is 17.8 Å². The van der Waals surface area contributed by atoms with Gasteiger partial charge in [-0.05, 0) is 70.4 Å². The number of anilines is 1. The first-order valence-corrected chi connectivity index (χ1v) is 21.7. The van der Waals surface area contributed by atoms with Crippen LogP contribution in [0.1, 0.15) is 85.5 Å². The molecule has 0 spiro atoms. The van der Waals surface area contributed by atoms with E-state index in [-0.39, 0.29) is 49.0 Å². The van der Waals surface area contributed by atoms with E-state index < -0.39 is 53.6 Å². The van der Waals surface area contributed by atoms with Crippen molar-refractivity contribution in [3.05, 3.63) is 41.8 Å². The lowest BCUT2D eigenvalue weighted by atomic mass is 9.97. The third kappa shape index (κ3) is 9.47. The number of hydrogen-bond donors (Lipinski definition) is 5. The fraction of sp³-hybridized carbons (Fsp3) is 0.558. The maximum Gasteiger partial charge on any atom is 0.330 e. The molecule has 3 fully saturated rings. The summed E-state index contributed by atoms with van der Waals surface area (Å²) in [7, 11) is 1.57. The van der Waals surface area contributed by atoms with E-state index in [1.165, 1.54) is 16.2 Å². The van der Waals surface area contributed by atoms with Crippen molar-refractivity contribution in [3.63, 3.8) is 0 Å². The molecule has 316 valence electrons. The number of amides is 4. The van der Waals surface area contributed by atoms with E-state index in [1.54, 1.807) is 25.3 Å². The van der Waals surface area contributed by atoms with Crippen LogP contribution in [0.5, 0.6) is 11.5 Å². The third-order valence-corrected chi connectivity index (χ3v) is 12.4. The number of thiazole rings is 1. The molecule has 1 saturated heterocycles. The van der Waals surface area contributed by atoms with Gasteiger partial charge in [0.15, 0.2) is 10.9 Å². The standard InChI is InChI=1S/C43H55N7O8S/c1-23(2)36(37(51)25-13-14-25)48-41(56)46-30-12-10-8-6-7-9-11-26-20-43(26,40(54)55)49-38(52)34-18-28(21-50(34)39(30)53)58-35-19-32(33-22-59-42(47-33)44-24(3)4)45-31-17-27(57-5)15-16-29(31)35/h9,11,15-17,19,22-26,28,30,34,36H,6-8,10,12-14,18,20-21H2,1-5H3,(H,44,47)(H,49,52)(H,54,55)(H2,46,48,56)/b11-9-/t26?,28-,30+,34+,36+,43-/m1/s1. The molecule has 16 heteroatoms. The summed E-state index contributed by atoms with van der Waals surface area (Å²) in [4.78, 5) is 79.4. The number of carbonyl (C=O) groups excluding carboxylic acids is 4. The van der Waals surface area contributed by atoms with Gasteiger partial charge in [0, 0.05) is 47.2 Å². The van der Waals surface area contributed by atoms with Gasteiger partial charge in [0.1, 0.15) is 40.9 Å². The predicted octanol–water partition coefficient (Wildman–Crippen LogP) is 5.69. The first kappa shape index (κ1) is 41.9. The molecule has 4 heterocycles. The van der Waals surface area contributed by atoms with E-state index in [0.29, 0.717) is 46.6 Å². The zero-order chi connectivity index (χ0) is 42.0. The SMILES string of the molecule is COc1ccc2c(O[C@@H]3C[C@H]4C(=O)N[C@]5(C(=O)O)CC5/C=C\CCCCC[C@H](NC(=O)N[C@H](C(=O)C5CC5)C(C)C)C(=O)N4C3)cc(-c3csc(NC(C)C)n3)nc2c1. The van der Waals surface area contributed by atoms with Gasteiger partial charge >= 0.3 is 12.0 Å². The van der Waals surface area contributed by atoms with Crippen molar-refractivity contribution in [3.8, 4) is 22.9 Å². The van der Waals surface area contributed by atoms with Crippen LogP contribution in [0.2, 0.25) is 0 Å². The van der Waals surface area contributed by atoms with Crippen LogP contribution in [0.25, 0.3) is 22.3 Å². The molecule has 1 unspecified atom stereocenters. The Kier molecular flexibility index (Phi) is 12.5. The number of benzene rings is 1. The molecule has 7 rings (SSSR count). The largest absolute Gasteiger partial charge is 0.497 e. The van der Waals surface area contributed by atoms with Gasteiger partial charge in [-0.1, -0.05) is 38.8 Å². The van der Waals surface area contributed by atoms with Crippen LogP contribution < -0.4 is 30.7 Å². The molecule has 4 aliphatic rings. The number of nitrogens with one attached hydrogen (secondary N) is 4. The lowest BCUT2D eigenvalue weighted by molar-refractivity contribution is -0.145.